The van der Waals surface area contributed by atoms with Crippen molar-refractivity contribution < 1.29 is 0 Å². The van der Waals surface area contributed by atoms with Crippen LogP contribution < -0.4 is 24.8 Å². The van der Waals surface area contributed by atoms with E-state index in [2.05, 4.69) is 152 Å². The van der Waals surface area contributed by atoms with E-state index in [4.69, 9.17) is 21.3 Å². The number of hydrogen-bond acceptors (Lipinski definition) is 0. The monoisotopic (exact) mass is 580 g/mol. The van der Waals surface area contributed by atoms with Crippen LogP contribution in [-0.4, -0.2) is 17.0 Å². The standard InChI is InChI=1S/C31H27Cl2PSe/c32-34(27-16-6-1-7-17-27,28-18-8-2-9-19-28,29-20-10-3-11-21-29)26-35(33,30-22-12-4-13-23-30)31-24-14-5-15-25-31/h1-25H,26H2. The van der Waals surface area contributed by atoms with Crippen molar-refractivity contribution in [1.29, 1.82) is 0 Å². The molecule has 0 atom stereocenters. The maximum atomic E-state index is 8.44. The Kier molecular flexibility index (Phi) is 6.91. The summed E-state index contributed by atoms with van der Waals surface area (Å²) in [7, 11) is 8.02. The first-order valence-electron chi connectivity index (χ1n) is 11.6. The summed E-state index contributed by atoms with van der Waals surface area (Å²) in [4.78, 5) is 0. The number of halogens is 2. The summed E-state index contributed by atoms with van der Waals surface area (Å²) in [6, 6.07) is 53.0. The van der Waals surface area contributed by atoms with Crippen molar-refractivity contribution in [3.05, 3.63) is 152 Å². The Morgan fingerprint density at radius 3 is 0.971 bits per heavy atom. The fraction of sp³-hybridized carbons (Fsp3) is 0.0323. The van der Waals surface area contributed by atoms with Crippen LogP contribution in [0.2, 0.25) is 0 Å². The quantitative estimate of drug-likeness (QED) is 0.159. The van der Waals surface area contributed by atoms with Crippen LogP contribution in [0.15, 0.2) is 152 Å². The molecular weight excluding hydrogens is 553 g/mol. The van der Waals surface area contributed by atoms with Crippen molar-refractivity contribution >= 4 is 64.1 Å². The maximum absolute atomic E-state index is 8.44. The van der Waals surface area contributed by atoms with Gasteiger partial charge in [-0.1, -0.05) is 0 Å². The van der Waals surface area contributed by atoms with E-state index in [0.29, 0.717) is 5.06 Å². The third-order valence-corrected chi connectivity index (χ3v) is 27.7. The Balaban J connectivity index is 1.90. The molecule has 0 aromatic heterocycles. The van der Waals surface area contributed by atoms with E-state index >= 15 is 0 Å². The molecule has 0 radical (unpaired) electrons. The molecule has 5 aromatic carbocycles. The summed E-state index contributed by atoms with van der Waals surface area (Å²) in [5, 5.41) is 4.11. The van der Waals surface area contributed by atoms with Crippen LogP contribution in [-0.2, 0) is 0 Å². The number of hydrogen-bond donors (Lipinski definition) is 0. The van der Waals surface area contributed by atoms with Gasteiger partial charge in [-0.25, -0.2) is 0 Å². The van der Waals surface area contributed by atoms with Crippen LogP contribution in [0.5, 0.6) is 0 Å². The van der Waals surface area contributed by atoms with Crippen LogP contribution >= 0.6 is 27.3 Å². The van der Waals surface area contributed by atoms with Crippen molar-refractivity contribution in [1.82, 2.24) is 0 Å². The second kappa shape index (κ2) is 9.94. The molecule has 5 aromatic rings. The van der Waals surface area contributed by atoms with Crippen molar-refractivity contribution in [2.24, 2.45) is 0 Å². The van der Waals surface area contributed by atoms with Crippen LogP contribution in [0.4, 0.5) is 0 Å². The van der Waals surface area contributed by atoms with Crippen molar-refractivity contribution in [2.45, 2.75) is 0 Å². The normalized spacial score (nSPS) is 13.5. The molecule has 0 aliphatic heterocycles. The van der Waals surface area contributed by atoms with E-state index < -0.39 is 17.9 Å². The SMILES string of the molecule is Cl[Se](CP(Cl)(c1ccccc1)(c1ccccc1)c1ccccc1)(c1ccccc1)c1ccccc1. The van der Waals surface area contributed by atoms with E-state index in [9.17, 15) is 0 Å². The third-order valence-electron chi connectivity index (χ3n) is 6.54. The van der Waals surface area contributed by atoms with Crippen LogP contribution in [0.3, 0.4) is 0 Å². The predicted octanol–water partition coefficient (Wildman–Crippen LogP) is 6.21. The first-order valence-corrected chi connectivity index (χ1v) is 20.1. The number of benzene rings is 5. The minimum absolute atomic E-state index is 0.678. The Morgan fingerprint density at radius 1 is 0.429 bits per heavy atom. The molecule has 0 saturated carbocycles. The Bertz CT molecular complexity index is 1240. The molecule has 176 valence electrons. The topological polar surface area (TPSA) is 0 Å². The summed E-state index contributed by atoms with van der Waals surface area (Å²) < 4.78 is 2.38. The first-order chi connectivity index (χ1) is 17.1. The Hall–Kier alpha value is -2.37. The molecule has 0 aliphatic rings. The summed E-state index contributed by atoms with van der Waals surface area (Å²) >= 11 is 5.33. The minimum atomic E-state index is -3.54. The fourth-order valence-corrected chi connectivity index (χ4v) is 29.6. The summed E-state index contributed by atoms with van der Waals surface area (Å²) in [6.45, 7) is 0. The molecule has 0 aliphatic carbocycles. The van der Waals surface area contributed by atoms with Gasteiger partial charge in [0.2, 0.25) is 0 Å². The molecule has 0 amide bonds. The summed E-state index contributed by atoms with van der Waals surface area (Å²) in [6.07, 6.45) is 0. The molecule has 5 rings (SSSR count). The summed E-state index contributed by atoms with van der Waals surface area (Å²) in [5.41, 5.74) is 0. The molecular formula is C31H27Cl2PSe. The van der Waals surface area contributed by atoms with Crippen LogP contribution in [0.25, 0.3) is 0 Å². The van der Waals surface area contributed by atoms with E-state index in [0.717, 1.165) is 15.9 Å². The molecule has 0 nitrogen and oxygen atoms in total. The summed E-state index contributed by atoms with van der Waals surface area (Å²) in [5.74, 6) is -3.54. The van der Waals surface area contributed by atoms with Crippen molar-refractivity contribution in [3.8, 4) is 0 Å². The van der Waals surface area contributed by atoms with Gasteiger partial charge in [0.15, 0.2) is 0 Å². The first kappa shape index (κ1) is 24.3. The Labute approximate surface area is 219 Å². The molecule has 0 spiro atoms. The van der Waals surface area contributed by atoms with Crippen molar-refractivity contribution in [3.63, 3.8) is 0 Å². The van der Waals surface area contributed by atoms with Gasteiger partial charge in [-0.15, -0.1) is 0 Å². The number of rotatable bonds is 7. The molecule has 0 N–H and O–H groups in total. The molecule has 0 fully saturated rings. The third kappa shape index (κ3) is 4.27. The molecule has 35 heavy (non-hydrogen) atoms. The zero-order valence-electron chi connectivity index (χ0n) is 19.3. The average molecular weight is 580 g/mol. The van der Waals surface area contributed by atoms with Crippen LogP contribution in [0, 0.1) is 0 Å². The van der Waals surface area contributed by atoms with Gasteiger partial charge in [0.25, 0.3) is 0 Å². The van der Waals surface area contributed by atoms with Gasteiger partial charge in [0, 0.05) is 0 Å². The second-order valence-electron chi connectivity index (χ2n) is 8.60. The van der Waals surface area contributed by atoms with E-state index in [1.807, 2.05) is 0 Å². The zero-order chi connectivity index (χ0) is 24.2. The van der Waals surface area contributed by atoms with E-state index in [-0.39, 0.29) is 0 Å². The van der Waals surface area contributed by atoms with Gasteiger partial charge < -0.3 is 0 Å². The fourth-order valence-electron chi connectivity index (χ4n) is 4.78. The predicted molar refractivity (Wildman–Crippen MR) is 160 cm³/mol. The van der Waals surface area contributed by atoms with Crippen LogP contribution in [0.1, 0.15) is 0 Å². The molecule has 0 saturated heterocycles. The zero-order valence-corrected chi connectivity index (χ0v) is 23.4. The van der Waals surface area contributed by atoms with Gasteiger partial charge in [-0.05, 0) is 0 Å². The van der Waals surface area contributed by atoms with Gasteiger partial charge in [0.05, 0.1) is 0 Å². The molecule has 4 heteroatoms. The molecule has 0 heterocycles. The van der Waals surface area contributed by atoms with E-state index in [1.54, 1.807) is 0 Å². The second-order valence-corrected chi connectivity index (χ2v) is 24.1. The van der Waals surface area contributed by atoms with E-state index in [1.165, 1.54) is 8.92 Å². The van der Waals surface area contributed by atoms with Gasteiger partial charge in [-0.2, -0.15) is 0 Å². The average Bonchev–Trinajstić information content (AvgIpc) is 2.95. The van der Waals surface area contributed by atoms with Gasteiger partial charge in [-0.3, -0.25) is 0 Å². The molecule has 0 unspecified atom stereocenters. The van der Waals surface area contributed by atoms with Crippen molar-refractivity contribution in [2.75, 3.05) is 5.06 Å². The van der Waals surface area contributed by atoms with Gasteiger partial charge >= 0.3 is 221 Å². The van der Waals surface area contributed by atoms with Gasteiger partial charge in [0.1, 0.15) is 0 Å². The molecule has 0 bridgehead atoms. The Morgan fingerprint density at radius 2 is 0.686 bits per heavy atom.